The average molecular weight is 324 g/mol. The molecule has 2 aromatic rings. The smallest absolute Gasteiger partial charge is 0.162 e. The van der Waals surface area contributed by atoms with E-state index in [2.05, 4.69) is 12.2 Å². The van der Waals surface area contributed by atoms with Gasteiger partial charge >= 0.3 is 0 Å². The maximum Gasteiger partial charge on any atom is 0.162 e. The molecule has 0 amide bonds. The van der Waals surface area contributed by atoms with Crippen LogP contribution >= 0.6 is 23.2 Å². The van der Waals surface area contributed by atoms with Crippen molar-refractivity contribution in [3.8, 4) is 11.5 Å². The molecule has 1 aliphatic heterocycles. The first-order chi connectivity index (χ1) is 10.1. The lowest BCUT2D eigenvalue weighted by Crippen LogP contribution is -2.32. The Morgan fingerprint density at radius 1 is 1.14 bits per heavy atom. The van der Waals surface area contributed by atoms with E-state index in [9.17, 15) is 0 Å². The molecule has 0 aliphatic carbocycles. The molecule has 5 heteroatoms. The summed E-state index contributed by atoms with van der Waals surface area (Å²) in [6.45, 7) is 2.06. The number of methoxy groups -OCH3 is 1. The number of hydrogen-bond donors (Lipinski definition) is 1. The van der Waals surface area contributed by atoms with Crippen LogP contribution in [0.4, 0.5) is 5.69 Å². The van der Waals surface area contributed by atoms with Crippen LogP contribution in [-0.4, -0.2) is 13.2 Å². The van der Waals surface area contributed by atoms with Crippen molar-refractivity contribution in [3.63, 3.8) is 0 Å². The molecule has 3 rings (SSSR count). The molecule has 110 valence electrons. The Morgan fingerprint density at radius 3 is 2.52 bits per heavy atom. The second kappa shape index (κ2) is 5.66. The molecule has 21 heavy (non-hydrogen) atoms. The Morgan fingerprint density at radius 2 is 1.86 bits per heavy atom. The van der Waals surface area contributed by atoms with Crippen molar-refractivity contribution in [2.24, 2.45) is 0 Å². The van der Waals surface area contributed by atoms with Gasteiger partial charge in [0.25, 0.3) is 0 Å². The van der Waals surface area contributed by atoms with E-state index in [1.54, 1.807) is 13.2 Å². The number of hydrogen-bond acceptors (Lipinski definition) is 3. The Labute approximate surface area is 133 Å². The number of nitrogens with one attached hydrogen (secondary N) is 1. The maximum absolute atomic E-state index is 6.23. The minimum absolute atomic E-state index is 0.0976. The third-order valence-corrected chi connectivity index (χ3v) is 4.03. The van der Waals surface area contributed by atoms with Crippen molar-refractivity contribution in [2.45, 2.75) is 19.1 Å². The van der Waals surface area contributed by atoms with Crippen molar-refractivity contribution in [1.29, 1.82) is 0 Å². The second-order valence-corrected chi connectivity index (χ2v) is 5.85. The van der Waals surface area contributed by atoms with Crippen LogP contribution in [0.15, 0.2) is 36.4 Å². The normalized spacial score (nSPS) is 20.2. The molecule has 0 aromatic heterocycles. The van der Waals surface area contributed by atoms with Gasteiger partial charge in [0.05, 0.1) is 23.9 Å². The van der Waals surface area contributed by atoms with Crippen LogP contribution in [0, 0.1) is 0 Å². The Kier molecular flexibility index (Phi) is 3.87. The standard InChI is InChI=1S/C16H15Cl2NO2/c1-9-15(10-3-5-12(20-2)6-4-10)21-16-13(18)7-11(17)8-14(16)19-9/h3-9,15,19H,1-2H3. The average Bonchev–Trinajstić information content (AvgIpc) is 2.46. The van der Waals surface area contributed by atoms with Crippen LogP contribution in [0.1, 0.15) is 18.6 Å². The molecule has 0 spiro atoms. The minimum Gasteiger partial charge on any atom is -0.497 e. The Balaban J connectivity index is 1.94. The van der Waals surface area contributed by atoms with Crippen molar-refractivity contribution < 1.29 is 9.47 Å². The van der Waals surface area contributed by atoms with E-state index in [0.29, 0.717) is 15.8 Å². The highest BCUT2D eigenvalue weighted by Crippen LogP contribution is 2.43. The van der Waals surface area contributed by atoms with Gasteiger partial charge in [-0.15, -0.1) is 0 Å². The first-order valence-electron chi connectivity index (χ1n) is 6.64. The van der Waals surface area contributed by atoms with E-state index >= 15 is 0 Å². The largest absolute Gasteiger partial charge is 0.497 e. The summed E-state index contributed by atoms with van der Waals surface area (Å²) in [5.41, 5.74) is 1.89. The molecule has 1 heterocycles. The Hall–Kier alpha value is -1.58. The lowest BCUT2D eigenvalue weighted by Gasteiger charge is -2.34. The van der Waals surface area contributed by atoms with Gasteiger partial charge in [0.1, 0.15) is 11.9 Å². The Bertz CT molecular complexity index is 658. The zero-order chi connectivity index (χ0) is 15.0. The summed E-state index contributed by atoms with van der Waals surface area (Å²) in [5.74, 6) is 1.46. The number of benzene rings is 2. The van der Waals surface area contributed by atoms with Crippen LogP contribution in [0.2, 0.25) is 10.0 Å². The zero-order valence-corrected chi connectivity index (χ0v) is 13.2. The molecule has 1 N–H and O–H groups in total. The highest BCUT2D eigenvalue weighted by Gasteiger charge is 2.29. The molecular formula is C16H15Cl2NO2. The van der Waals surface area contributed by atoms with Crippen LogP contribution in [0.5, 0.6) is 11.5 Å². The van der Waals surface area contributed by atoms with E-state index in [1.165, 1.54) is 0 Å². The predicted octanol–water partition coefficient (Wildman–Crippen LogP) is 4.94. The summed E-state index contributed by atoms with van der Waals surface area (Å²) in [6.07, 6.45) is -0.123. The molecule has 0 radical (unpaired) electrons. The number of fused-ring (bicyclic) bond motifs is 1. The lowest BCUT2D eigenvalue weighted by atomic mass is 10.0. The summed E-state index contributed by atoms with van der Waals surface area (Å²) in [6, 6.07) is 11.4. The van der Waals surface area contributed by atoms with Crippen LogP contribution in [-0.2, 0) is 0 Å². The third-order valence-electron chi connectivity index (χ3n) is 3.53. The van der Waals surface area contributed by atoms with Gasteiger partial charge in [-0.2, -0.15) is 0 Å². The quantitative estimate of drug-likeness (QED) is 0.849. The first kappa shape index (κ1) is 14.4. The maximum atomic E-state index is 6.23. The molecule has 2 atom stereocenters. The van der Waals surface area contributed by atoms with E-state index in [1.807, 2.05) is 30.3 Å². The van der Waals surface area contributed by atoms with E-state index in [-0.39, 0.29) is 12.1 Å². The fourth-order valence-electron chi connectivity index (χ4n) is 2.49. The second-order valence-electron chi connectivity index (χ2n) is 5.01. The molecule has 0 fully saturated rings. The predicted molar refractivity (Wildman–Crippen MR) is 85.9 cm³/mol. The molecule has 0 saturated carbocycles. The van der Waals surface area contributed by atoms with Gasteiger partial charge in [0, 0.05) is 5.02 Å². The molecule has 2 aromatic carbocycles. The highest BCUT2D eigenvalue weighted by atomic mass is 35.5. The zero-order valence-electron chi connectivity index (χ0n) is 11.7. The number of ether oxygens (including phenoxy) is 2. The number of rotatable bonds is 2. The van der Waals surface area contributed by atoms with E-state index < -0.39 is 0 Å². The number of halogens is 2. The summed E-state index contributed by atoms with van der Waals surface area (Å²) in [4.78, 5) is 0. The van der Waals surface area contributed by atoms with Gasteiger partial charge in [-0.05, 0) is 36.8 Å². The molecule has 0 bridgehead atoms. The highest BCUT2D eigenvalue weighted by molar-refractivity contribution is 6.36. The summed E-state index contributed by atoms with van der Waals surface area (Å²) >= 11 is 12.2. The molecule has 1 aliphatic rings. The fourth-order valence-corrected chi connectivity index (χ4v) is 3.03. The summed E-state index contributed by atoms with van der Waals surface area (Å²) in [7, 11) is 1.65. The third kappa shape index (κ3) is 2.76. The molecule has 3 nitrogen and oxygen atoms in total. The van der Waals surface area contributed by atoms with Gasteiger partial charge in [-0.25, -0.2) is 0 Å². The van der Waals surface area contributed by atoms with Gasteiger partial charge in [-0.3, -0.25) is 0 Å². The lowest BCUT2D eigenvalue weighted by molar-refractivity contribution is 0.178. The van der Waals surface area contributed by atoms with Crippen molar-refractivity contribution in [3.05, 3.63) is 52.0 Å². The van der Waals surface area contributed by atoms with Gasteiger partial charge < -0.3 is 14.8 Å². The molecule has 2 unspecified atom stereocenters. The van der Waals surface area contributed by atoms with Gasteiger partial charge in [0.15, 0.2) is 5.75 Å². The summed E-state index contributed by atoms with van der Waals surface area (Å²) in [5, 5.41) is 4.49. The first-order valence-corrected chi connectivity index (χ1v) is 7.40. The molecular weight excluding hydrogens is 309 g/mol. The summed E-state index contributed by atoms with van der Waals surface area (Å²) < 4.78 is 11.3. The van der Waals surface area contributed by atoms with Gasteiger partial charge in [-0.1, -0.05) is 35.3 Å². The fraction of sp³-hybridized carbons (Fsp3) is 0.250. The topological polar surface area (TPSA) is 30.5 Å². The van der Waals surface area contributed by atoms with Crippen LogP contribution in [0.25, 0.3) is 0 Å². The monoisotopic (exact) mass is 323 g/mol. The number of anilines is 1. The van der Waals surface area contributed by atoms with Crippen molar-refractivity contribution in [2.75, 3.05) is 12.4 Å². The van der Waals surface area contributed by atoms with Crippen LogP contribution in [0.3, 0.4) is 0 Å². The van der Waals surface area contributed by atoms with Gasteiger partial charge in [0.2, 0.25) is 0 Å². The van der Waals surface area contributed by atoms with Crippen molar-refractivity contribution >= 4 is 28.9 Å². The SMILES string of the molecule is COc1ccc(C2Oc3c(Cl)cc(Cl)cc3NC2C)cc1. The van der Waals surface area contributed by atoms with E-state index in [0.717, 1.165) is 17.0 Å². The van der Waals surface area contributed by atoms with Crippen molar-refractivity contribution in [1.82, 2.24) is 0 Å². The van der Waals surface area contributed by atoms with Crippen LogP contribution < -0.4 is 14.8 Å². The minimum atomic E-state index is -0.123. The van der Waals surface area contributed by atoms with E-state index in [4.69, 9.17) is 32.7 Å². The molecule has 0 saturated heterocycles.